The number of sulfonamides is 1. The zero-order chi connectivity index (χ0) is 22.4. The summed E-state index contributed by atoms with van der Waals surface area (Å²) in [5.41, 5.74) is 2.01. The first kappa shape index (κ1) is 23.1. The minimum absolute atomic E-state index is 0.0117. The molecule has 1 aliphatic rings. The van der Waals surface area contributed by atoms with Gasteiger partial charge in [0.1, 0.15) is 0 Å². The van der Waals surface area contributed by atoms with Gasteiger partial charge in [0.25, 0.3) is 0 Å². The first-order valence-electron chi connectivity index (χ1n) is 10.4. The number of rotatable bonds is 8. The molecule has 1 N–H and O–H groups in total. The molecule has 1 heterocycles. The van der Waals surface area contributed by atoms with Crippen LogP contribution < -0.4 is 14.8 Å². The van der Waals surface area contributed by atoms with Crippen molar-refractivity contribution in [2.45, 2.75) is 43.5 Å². The zero-order valence-electron chi connectivity index (χ0n) is 18.3. The molecule has 1 saturated heterocycles. The second-order valence-corrected chi connectivity index (χ2v) is 9.69. The summed E-state index contributed by atoms with van der Waals surface area (Å²) in [5, 5.41) is 3.04. The zero-order valence-corrected chi connectivity index (χ0v) is 19.1. The number of benzene rings is 2. The van der Waals surface area contributed by atoms with Crippen molar-refractivity contribution in [2.75, 3.05) is 27.3 Å². The van der Waals surface area contributed by atoms with Crippen LogP contribution >= 0.6 is 0 Å². The SMILES string of the molecule is COc1ccc(CCC(=O)NC2CCN(S(=O)(=O)c3ccc(C)cc3)CC2)cc1OC. The second-order valence-electron chi connectivity index (χ2n) is 7.75. The van der Waals surface area contributed by atoms with E-state index in [1.165, 1.54) is 4.31 Å². The molecule has 0 atom stereocenters. The van der Waals surface area contributed by atoms with Gasteiger partial charge in [-0.25, -0.2) is 8.42 Å². The van der Waals surface area contributed by atoms with Crippen molar-refractivity contribution in [1.82, 2.24) is 9.62 Å². The lowest BCUT2D eigenvalue weighted by Crippen LogP contribution is -2.46. The Balaban J connectivity index is 1.48. The molecule has 7 nitrogen and oxygen atoms in total. The number of piperidine rings is 1. The summed E-state index contributed by atoms with van der Waals surface area (Å²) in [6.07, 6.45) is 2.16. The number of carbonyl (C=O) groups excluding carboxylic acids is 1. The normalized spacial score (nSPS) is 15.5. The summed E-state index contributed by atoms with van der Waals surface area (Å²) in [4.78, 5) is 12.7. The molecule has 31 heavy (non-hydrogen) atoms. The number of hydrogen-bond acceptors (Lipinski definition) is 5. The number of nitrogens with zero attached hydrogens (tertiary/aromatic N) is 1. The van der Waals surface area contributed by atoms with Gasteiger partial charge < -0.3 is 14.8 Å². The molecule has 0 aliphatic carbocycles. The van der Waals surface area contributed by atoms with Crippen LogP contribution in [-0.4, -0.2) is 52.0 Å². The largest absolute Gasteiger partial charge is 0.493 e. The first-order chi connectivity index (χ1) is 14.8. The average Bonchev–Trinajstić information content (AvgIpc) is 2.78. The molecule has 2 aromatic rings. The third kappa shape index (κ3) is 5.77. The quantitative estimate of drug-likeness (QED) is 0.674. The van der Waals surface area contributed by atoms with E-state index in [9.17, 15) is 13.2 Å². The number of hydrogen-bond donors (Lipinski definition) is 1. The Morgan fingerprint density at radius 1 is 1.03 bits per heavy atom. The lowest BCUT2D eigenvalue weighted by Gasteiger charge is -2.31. The Labute approximate surface area is 184 Å². The molecule has 2 aromatic carbocycles. The summed E-state index contributed by atoms with van der Waals surface area (Å²) in [6.45, 7) is 2.73. The van der Waals surface area contributed by atoms with E-state index in [1.54, 1.807) is 38.5 Å². The van der Waals surface area contributed by atoms with Gasteiger partial charge in [0.05, 0.1) is 19.1 Å². The van der Waals surface area contributed by atoms with Crippen LogP contribution in [-0.2, 0) is 21.2 Å². The van der Waals surface area contributed by atoms with Crippen molar-refractivity contribution < 1.29 is 22.7 Å². The number of nitrogens with one attached hydrogen (secondary N) is 1. The van der Waals surface area contributed by atoms with E-state index in [4.69, 9.17) is 9.47 Å². The van der Waals surface area contributed by atoms with Crippen molar-refractivity contribution in [3.05, 3.63) is 53.6 Å². The van der Waals surface area contributed by atoms with Gasteiger partial charge in [-0.2, -0.15) is 4.31 Å². The molecule has 0 spiro atoms. The highest BCUT2D eigenvalue weighted by molar-refractivity contribution is 7.89. The summed E-state index contributed by atoms with van der Waals surface area (Å²) in [7, 11) is -0.322. The van der Waals surface area contributed by atoms with E-state index in [-0.39, 0.29) is 11.9 Å². The maximum Gasteiger partial charge on any atom is 0.243 e. The van der Waals surface area contributed by atoms with Gasteiger partial charge in [-0.1, -0.05) is 23.8 Å². The highest BCUT2D eigenvalue weighted by Gasteiger charge is 2.29. The summed E-state index contributed by atoms with van der Waals surface area (Å²) in [5.74, 6) is 1.26. The van der Waals surface area contributed by atoms with E-state index in [2.05, 4.69) is 5.32 Å². The molecular formula is C23H30N2O5S. The standard InChI is InChI=1S/C23H30N2O5S/c1-17-4-8-20(9-5-17)31(27,28)25-14-12-19(13-15-25)24-23(26)11-7-18-6-10-21(29-2)22(16-18)30-3/h4-6,8-10,16,19H,7,11-15H2,1-3H3,(H,24,26). The van der Waals surface area contributed by atoms with E-state index in [1.807, 2.05) is 25.1 Å². The van der Waals surface area contributed by atoms with Gasteiger partial charge in [0.15, 0.2) is 11.5 Å². The molecule has 0 unspecified atom stereocenters. The Bertz CT molecular complexity index is 997. The number of ether oxygens (including phenoxy) is 2. The maximum absolute atomic E-state index is 12.8. The van der Waals surface area contributed by atoms with Crippen LogP contribution in [0.25, 0.3) is 0 Å². The smallest absolute Gasteiger partial charge is 0.243 e. The van der Waals surface area contributed by atoms with Crippen molar-refractivity contribution in [3.8, 4) is 11.5 Å². The van der Waals surface area contributed by atoms with Crippen LogP contribution in [0.1, 0.15) is 30.4 Å². The molecule has 1 aliphatic heterocycles. The second kappa shape index (κ2) is 10.2. The van der Waals surface area contributed by atoms with Crippen molar-refractivity contribution in [3.63, 3.8) is 0 Å². The van der Waals surface area contributed by atoms with Gasteiger partial charge in [0.2, 0.25) is 15.9 Å². The average molecular weight is 447 g/mol. The summed E-state index contributed by atoms with van der Waals surface area (Å²) >= 11 is 0. The molecule has 1 fully saturated rings. The van der Waals surface area contributed by atoms with Gasteiger partial charge >= 0.3 is 0 Å². The monoisotopic (exact) mass is 446 g/mol. The fourth-order valence-corrected chi connectivity index (χ4v) is 5.16. The van der Waals surface area contributed by atoms with Crippen molar-refractivity contribution in [2.24, 2.45) is 0 Å². The van der Waals surface area contributed by atoms with E-state index >= 15 is 0 Å². The van der Waals surface area contributed by atoms with Crippen LogP contribution in [0, 0.1) is 6.92 Å². The van der Waals surface area contributed by atoms with Gasteiger partial charge in [-0.3, -0.25) is 4.79 Å². The number of carbonyl (C=O) groups is 1. The van der Waals surface area contributed by atoms with Crippen molar-refractivity contribution >= 4 is 15.9 Å². The van der Waals surface area contributed by atoms with E-state index in [0.717, 1.165) is 11.1 Å². The van der Waals surface area contributed by atoms with Crippen LogP contribution in [0.5, 0.6) is 11.5 Å². The molecule has 0 bridgehead atoms. The van der Waals surface area contributed by atoms with Crippen LogP contribution in [0.15, 0.2) is 47.4 Å². The molecule has 0 aromatic heterocycles. The number of aryl methyl sites for hydroxylation is 2. The molecule has 168 valence electrons. The number of amides is 1. The third-order valence-electron chi connectivity index (χ3n) is 5.57. The predicted octanol–water partition coefficient (Wildman–Crippen LogP) is 2.91. The third-order valence-corrected chi connectivity index (χ3v) is 7.48. The minimum atomic E-state index is -3.49. The minimum Gasteiger partial charge on any atom is -0.493 e. The summed E-state index contributed by atoms with van der Waals surface area (Å²) < 4.78 is 37.6. The predicted molar refractivity (Wildman–Crippen MR) is 119 cm³/mol. The van der Waals surface area contributed by atoms with E-state index < -0.39 is 10.0 Å². The van der Waals surface area contributed by atoms with Gasteiger partial charge in [-0.05, 0) is 56.0 Å². The Kier molecular flexibility index (Phi) is 7.56. The molecular weight excluding hydrogens is 416 g/mol. The maximum atomic E-state index is 12.8. The van der Waals surface area contributed by atoms with Gasteiger partial charge in [-0.15, -0.1) is 0 Å². The highest BCUT2D eigenvalue weighted by Crippen LogP contribution is 2.28. The van der Waals surface area contributed by atoms with E-state index in [0.29, 0.717) is 55.2 Å². The van der Waals surface area contributed by atoms with Crippen LogP contribution in [0.3, 0.4) is 0 Å². The Morgan fingerprint density at radius 2 is 1.68 bits per heavy atom. The molecule has 3 rings (SSSR count). The highest BCUT2D eigenvalue weighted by atomic mass is 32.2. The Hall–Kier alpha value is -2.58. The molecule has 0 saturated carbocycles. The van der Waals surface area contributed by atoms with Crippen molar-refractivity contribution in [1.29, 1.82) is 0 Å². The summed E-state index contributed by atoms with van der Waals surface area (Å²) in [6, 6.07) is 12.5. The van der Waals surface area contributed by atoms with Crippen LogP contribution in [0.4, 0.5) is 0 Å². The van der Waals surface area contributed by atoms with Crippen LogP contribution in [0.2, 0.25) is 0 Å². The number of methoxy groups -OCH3 is 2. The lowest BCUT2D eigenvalue weighted by molar-refractivity contribution is -0.122. The molecule has 8 heteroatoms. The fraction of sp³-hybridized carbons (Fsp3) is 0.435. The Morgan fingerprint density at radius 3 is 2.29 bits per heavy atom. The molecule has 0 radical (unpaired) electrons. The van der Waals surface area contributed by atoms with Gasteiger partial charge in [0, 0.05) is 25.6 Å². The fourth-order valence-electron chi connectivity index (χ4n) is 3.69. The molecule has 1 amide bonds. The first-order valence-corrected chi connectivity index (χ1v) is 11.8. The lowest BCUT2D eigenvalue weighted by atomic mass is 10.1. The topological polar surface area (TPSA) is 84.9 Å².